The van der Waals surface area contributed by atoms with Gasteiger partial charge in [-0.15, -0.1) is 0 Å². The molecule has 9 nitrogen and oxygen atoms in total. The van der Waals surface area contributed by atoms with Crippen LogP contribution in [-0.2, 0) is 14.3 Å². The zero-order valence-corrected chi connectivity index (χ0v) is 21.4. The molecule has 4 rings (SSSR count). The summed E-state index contributed by atoms with van der Waals surface area (Å²) in [7, 11) is 1.63. The van der Waals surface area contributed by atoms with Crippen LogP contribution in [0.3, 0.4) is 0 Å². The van der Waals surface area contributed by atoms with Crippen molar-refractivity contribution in [2.24, 2.45) is 0 Å². The van der Waals surface area contributed by atoms with Gasteiger partial charge in [0.1, 0.15) is 18.0 Å². The fourth-order valence-electron chi connectivity index (χ4n) is 4.65. The van der Waals surface area contributed by atoms with Gasteiger partial charge >= 0.3 is 6.09 Å². The standard InChI is InChI=1S/C27H34FN5O4/c1-19(21-6-4-10-29-17-21)30-20(2)26(34)32-13-11-31(12-14-32)25-9-8-22(16-24(25)28)33-18-23(37-27(33)35)7-5-15-36-3/h4,6,8-10,16-17,20,23,30H,1,5,7,11-15,18H2,2-3H3/t20-,23-/m0/s1. The molecule has 0 radical (unpaired) electrons. The van der Waals surface area contributed by atoms with Gasteiger partial charge in [-0.25, -0.2) is 9.18 Å². The molecule has 0 saturated carbocycles. The number of carbonyl (C=O) groups excluding carboxylic acids is 2. The minimum atomic E-state index is -0.462. The van der Waals surface area contributed by atoms with E-state index in [1.165, 1.54) is 11.0 Å². The van der Waals surface area contributed by atoms with E-state index in [1.807, 2.05) is 17.0 Å². The summed E-state index contributed by atoms with van der Waals surface area (Å²) in [5.74, 6) is -0.441. The van der Waals surface area contributed by atoms with Crippen LogP contribution in [0.15, 0.2) is 49.3 Å². The molecular weight excluding hydrogens is 477 g/mol. The maximum Gasteiger partial charge on any atom is 0.414 e. The van der Waals surface area contributed by atoms with E-state index in [1.54, 1.807) is 43.5 Å². The van der Waals surface area contributed by atoms with Gasteiger partial charge in [-0.2, -0.15) is 0 Å². The first-order valence-electron chi connectivity index (χ1n) is 12.5. The molecule has 10 heteroatoms. The minimum Gasteiger partial charge on any atom is -0.444 e. The number of hydrogen-bond donors (Lipinski definition) is 1. The first-order chi connectivity index (χ1) is 17.9. The van der Waals surface area contributed by atoms with E-state index in [4.69, 9.17) is 9.47 Å². The van der Waals surface area contributed by atoms with E-state index >= 15 is 4.39 Å². The molecule has 2 amide bonds. The Kier molecular flexibility index (Phi) is 8.60. The number of cyclic esters (lactones) is 1. The zero-order valence-electron chi connectivity index (χ0n) is 21.4. The second kappa shape index (κ2) is 12.1. The number of hydrogen-bond acceptors (Lipinski definition) is 7. The lowest BCUT2D eigenvalue weighted by molar-refractivity contribution is -0.133. The van der Waals surface area contributed by atoms with E-state index in [0.29, 0.717) is 62.8 Å². The molecule has 2 fully saturated rings. The maximum atomic E-state index is 15.1. The maximum absolute atomic E-state index is 15.1. The molecule has 1 N–H and O–H groups in total. The Bertz CT molecular complexity index is 1110. The Morgan fingerprint density at radius 1 is 1.30 bits per heavy atom. The summed E-state index contributed by atoms with van der Waals surface area (Å²) in [6, 6.07) is 8.06. The van der Waals surface area contributed by atoms with Crippen molar-refractivity contribution < 1.29 is 23.5 Å². The molecule has 198 valence electrons. The highest BCUT2D eigenvalue weighted by Crippen LogP contribution is 2.29. The summed E-state index contributed by atoms with van der Waals surface area (Å²) in [4.78, 5) is 34.5. The van der Waals surface area contributed by atoms with E-state index in [9.17, 15) is 9.59 Å². The Labute approximate surface area is 216 Å². The zero-order chi connectivity index (χ0) is 26.4. The molecule has 0 spiro atoms. The smallest absolute Gasteiger partial charge is 0.414 e. The monoisotopic (exact) mass is 511 g/mol. The van der Waals surface area contributed by atoms with Crippen LogP contribution in [0, 0.1) is 5.82 Å². The van der Waals surface area contributed by atoms with Gasteiger partial charge in [0.05, 0.1) is 17.9 Å². The van der Waals surface area contributed by atoms with Gasteiger partial charge in [0, 0.05) is 63.5 Å². The van der Waals surface area contributed by atoms with Crippen LogP contribution in [0.1, 0.15) is 25.3 Å². The number of halogens is 1. The number of ether oxygens (including phenoxy) is 2. The molecule has 0 bridgehead atoms. The van der Waals surface area contributed by atoms with Crippen molar-refractivity contribution in [1.29, 1.82) is 0 Å². The highest BCUT2D eigenvalue weighted by molar-refractivity contribution is 5.90. The number of aromatic nitrogens is 1. The predicted octanol–water partition coefficient (Wildman–Crippen LogP) is 3.27. The summed E-state index contributed by atoms with van der Waals surface area (Å²) in [6.07, 6.45) is 4.18. The number of rotatable bonds is 10. The van der Waals surface area contributed by atoms with Crippen LogP contribution >= 0.6 is 0 Å². The van der Waals surface area contributed by atoms with Crippen molar-refractivity contribution in [3.05, 3.63) is 60.7 Å². The van der Waals surface area contributed by atoms with Gasteiger partial charge in [0.2, 0.25) is 5.91 Å². The van der Waals surface area contributed by atoms with Crippen molar-refractivity contribution in [2.75, 3.05) is 56.2 Å². The molecule has 2 aliphatic heterocycles. The number of benzene rings is 1. The lowest BCUT2D eigenvalue weighted by atomic mass is 10.1. The SMILES string of the molecule is C=C(N[C@@H](C)C(=O)N1CCN(c2ccc(N3C[C@H](CCCOC)OC3=O)cc2F)CC1)c1cccnc1. The van der Waals surface area contributed by atoms with Gasteiger partial charge < -0.3 is 24.6 Å². The normalized spacial score (nSPS) is 18.5. The Balaban J connectivity index is 1.30. The van der Waals surface area contributed by atoms with Crippen molar-refractivity contribution in [2.45, 2.75) is 31.9 Å². The van der Waals surface area contributed by atoms with Crippen LogP contribution < -0.4 is 15.1 Å². The lowest BCUT2D eigenvalue weighted by Gasteiger charge is -2.37. The highest BCUT2D eigenvalue weighted by atomic mass is 19.1. The number of pyridine rings is 1. The van der Waals surface area contributed by atoms with Crippen molar-refractivity contribution in [3.63, 3.8) is 0 Å². The molecule has 2 atom stereocenters. The van der Waals surface area contributed by atoms with Crippen molar-refractivity contribution in [3.8, 4) is 0 Å². The molecule has 1 aromatic carbocycles. The summed E-state index contributed by atoms with van der Waals surface area (Å²) < 4.78 is 25.6. The third kappa shape index (κ3) is 6.37. The fraction of sp³-hybridized carbons (Fsp3) is 0.444. The van der Waals surface area contributed by atoms with Crippen LogP contribution in [0.2, 0.25) is 0 Å². The van der Waals surface area contributed by atoms with E-state index in [0.717, 1.165) is 12.0 Å². The van der Waals surface area contributed by atoms with E-state index < -0.39 is 18.0 Å². The van der Waals surface area contributed by atoms with Crippen molar-refractivity contribution in [1.82, 2.24) is 15.2 Å². The number of carbonyl (C=O) groups is 2. The van der Waals surface area contributed by atoms with Crippen LogP contribution in [-0.4, -0.2) is 80.5 Å². The molecule has 3 heterocycles. The molecular formula is C27H34FN5O4. The molecule has 2 aliphatic rings. The van der Waals surface area contributed by atoms with Gasteiger partial charge in [0.25, 0.3) is 0 Å². The first-order valence-corrected chi connectivity index (χ1v) is 12.5. The molecule has 0 aliphatic carbocycles. The number of methoxy groups -OCH3 is 1. The highest BCUT2D eigenvalue weighted by Gasteiger charge is 2.33. The van der Waals surface area contributed by atoms with Gasteiger partial charge in [0.15, 0.2) is 0 Å². The van der Waals surface area contributed by atoms with Gasteiger partial charge in [-0.05, 0) is 50.1 Å². The largest absolute Gasteiger partial charge is 0.444 e. The minimum absolute atomic E-state index is 0.0342. The second-order valence-corrected chi connectivity index (χ2v) is 9.29. The van der Waals surface area contributed by atoms with E-state index in [2.05, 4.69) is 16.9 Å². The van der Waals surface area contributed by atoms with E-state index in [-0.39, 0.29) is 12.0 Å². The van der Waals surface area contributed by atoms with Crippen LogP contribution in [0.5, 0.6) is 0 Å². The Morgan fingerprint density at radius 3 is 2.76 bits per heavy atom. The number of piperazine rings is 1. The summed E-state index contributed by atoms with van der Waals surface area (Å²) >= 11 is 0. The Morgan fingerprint density at radius 2 is 2.08 bits per heavy atom. The van der Waals surface area contributed by atoms with Crippen LogP contribution in [0.25, 0.3) is 5.70 Å². The topological polar surface area (TPSA) is 87.2 Å². The summed E-state index contributed by atoms with van der Waals surface area (Å²) in [5.41, 5.74) is 2.40. The molecule has 37 heavy (non-hydrogen) atoms. The number of nitrogens with zero attached hydrogens (tertiary/aromatic N) is 4. The quantitative estimate of drug-likeness (QED) is 0.490. The third-order valence-electron chi connectivity index (χ3n) is 6.69. The van der Waals surface area contributed by atoms with Crippen LogP contribution in [0.4, 0.5) is 20.6 Å². The Hall–Kier alpha value is -3.66. The number of nitrogens with one attached hydrogen (secondary N) is 1. The predicted molar refractivity (Wildman–Crippen MR) is 140 cm³/mol. The number of anilines is 2. The molecule has 2 aromatic rings. The average molecular weight is 512 g/mol. The second-order valence-electron chi connectivity index (χ2n) is 9.29. The lowest BCUT2D eigenvalue weighted by Crippen LogP contribution is -2.53. The molecule has 0 unspecified atom stereocenters. The number of amides is 2. The van der Waals surface area contributed by atoms with Gasteiger partial charge in [-0.3, -0.25) is 14.7 Å². The first kappa shape index (κ1) is 26.4. The fourth-order valence-corrected chi connectivity index (χ4v) is 4.65. The van der Waals surface area contributed by atoms with Crippen molar-refractivity contribution >= 4 is 29.1 Å². The third-order valence-corrected chi connectivity index (χ3v) is 6.69. The molecule has 2 saturated heterocycles. The summed E-state index contributed by atoms with van der Waals surface area (Å²) in [6.45, 7) is 8.77. The average Bonchev–Trinajstić information content (AvgIpc) is 3.29. The summed E-state index contributed by atoms with van der Waals surface area (Å²) in [5, 5.41) is 3.15. The molecule has 1 aromatic heterocycles. The van der Waals surface area contributed by atoms with Gasteiger partial charge in [-0.1, -0.05) is 6.58 Å².